The molecule has 3 saturated heterocycles. The zero-order chi connectivity index (χ0) is 15.7. The van der Waals surface area contributed by atoms with Crippen LogP contribution in [0.1, 0.15) is 65.2 Å². The highest BCUT2D eigenvalue weighted by Crippen LogP contribution is 2.84. The molecule has 126 valence electrons. The van der Waals surface area contributed by atoms with Gasteiger partial charge in [0.1, 0.15) is 0 Å². The molecule has 2 heteroatoms. The van der Waals surface area contributed by atoms with Crippen LogP contribution in [0.4, 0.5) is 0 Å². The van der Waals surface area contributed by atoms with Gasteiger partial charge in [-0.2, -0.15) is 0 Å². The van der Waals surface area contributed by atoms with E-state index in [1.54, 1.807) is 0 Å². The summed E-state index contributed by atoms with van der Waals surface area (Å²) in [7, 11) is 0. The monoisotopic (exact) mass is 313 g/mol. The van der Waals surface area contributed by atoms with Crippen molar-refractivity contribution >= 4 is 0 Å². The van der Waals surface area contributed by atoms with Crippen LogP contribution in [0.25, 0.3) is 0 Å². The van der Waals surface area contributed by atoms with Crippen molar-refractivity contribution in [1.82, 2.24) is 5.32 Å². The maximum atomic E-state index is 6.87. The fourth-order valence-corrected chi connectivity index (χ4v) is 9.72. The maximum Gasteiger partial charge on any atom is 0.0830 e. The zero-order valence-corrected chi connectivity index (χ0v) is 14.8. The maximum absolute atomic E-state index is 6.87. The van der Waals surface area contributed by atoms with Gasteiger partial charge < -0.3 is 10.1 Å². The quantitative estimate of drug-likeness (QED) is 0.737. The summed E-state index contributed by atoms with van der Waals surface area (Å²) in [6, 6.07) is 1.36. The Bertz CT molecular complexity index is 611. The van der Waals surface area contributed by atoms with Crippen molar-refractivity contribution < 1.29 is 4.74 Å². The van der Waals surface area contributed by atoms with Gasteiger partial charge in [0.2, 0.25) is 0 Å². The summed E-state index contributed by atoms with van der Waals surface area (Å²) in [6.07, 6.45) is 11.1. The molecular weight excluding hydrogens is 282 g/mol. The lowest BCUT2D eigenvalue weighted by Gasteiger charge is -2.76. The summed E-state index contributed by atoms with van der Waals surface area (Å²) < 4.78 is 6.87. The third kappa shape index (κ3) is 1.07. The largest absolute Gasteiger partial charge is 0.374 e. The Balaban J connectivity index is 1.66. The minimum absolute atomic E-state index is 0.205. The van der Waals surface area contributed by atoms with E-state index in [2.05, 4.69) is 25.7 Å². The fourth-order valence-electron chi connectivity index (χ4n) is 9.72. The smallest absolute Gasteiger partial charge is 0.0830 e. The van der Waals surface area contributed by atoms with Crippen LogP contribution in [0.2, 0.25) is 0 Å². The highest BCUT2D eigenvalue weighted by atomic mass is 16.5. The Kier molecular flexibility index (Phi) is 2.26. The molecule has 8 atom stereocenters. The van der Waals surface area contributed by atoms with E-state index in [1.807, 2.05) is 0 Å². The van der Waals surface area contributed by atoms with Crippen molar-refractivity contribution in [2.24, 2.45) is 28.1 Å². The first kappa shape index (κ1) is 13.9. The molecule has 7 aliphatic rings. The molecule has 3 heterocycles. The first-order valence-electron chi connectivity index (χ1n) is 10.1. The molecule has 4 aliphatic carbocycles. The Hall–Kier alpha value is -0.340. The van der Waals surface area contributed by atoms with Gasteiger partial charge in [-0.1, -0.05) is 19.1 Å². The Morgan fingerprint density at radius 2 is 1.96 bits per heavy atom. The van der Waals surface area contributed by atoms with Crippen LogP contribution in [0.5, 0.6) is 0 Å². The molecule has 23 heavy (non-hydrogen) atoms. The van der Waals surface area contributed by atoms with Gasteiger partial charge >= 0.3 is 0 Å². The predicted molar refractivity (Wildman–Crippen MR) is 91.1 cm³/mol. The number of ether oxygens (including phenoxy) is 1. The molecule has 2 nitrogen and oxygen atoms in total. The van der Waals surface area contributed by atoms with Crippen molar-refractivity contribution in [3.05, 3.63) is 12.2 Å². The molecule has 7 fully saturated rings. The third-order valence-electron chi connectivity index (χ3n) is 10.2. The number of rotatable bonds is 1. The standard InChI is InChI=1S/C21H31NO/c1-13(2)14-5-9-18(3)15-6-10-19-7-4-8-21(19)20(18,11-12-23-21)16(14)22-17(15)19/h14-17,22H,1,4-12H2,2-3H3/t14-,15+,16-,17-,18-,19+,20+,21+/m1/s1. The summed E-state index contributed by atoms with van der Waals surface area (Å²) in [4.78, 5) is 0. The van der Waals surface area contributed by atoms with Gasteiger partial charge in [0.25, 0.3) is 0 Å². The van der Waals surface area contributed by atoms with Crippen LogP contribution >= 0.6 is 0 Å². The molecule has 6 bridgehead atoms. The molecule has 0 unspecified atom stereocenters. The minimum atomic E-state index is 0.205. The fraction of sp³-hybridized carbons (Fsp3) is 0.905. The van der Waals surface area contributed by atoms with E-state index in [1.165, 1.54) is 56.9 Å². The third-order valence-corrected chi connectivity index (χ3v) is 10.2. The van der Waals surface area contributed by atoms with Crippen molar-refractivity contribution in [2.75, 3.05) is 6.61 Å². The predicted octanol–water partition coefficient (Wildman–Crippen LogP) is 4.06. The highest BCUT2D eigenvalue weighted by Gasteiger charge is 2.87. The zero-order valence-electron chi connectivity index (χ0n) is 14.8. The second kappa shape index (κ2) is 3.75. The first-order chi connectivity index (χ1) is 11.0. The Labute approximate surface area is 140 Å². The van der Waals surface area contributed by atoms with E-state index < -0.39 is 0 Å². The lowest BCUT2D eigenvalue weighted by molar-refractivity contribution is -0.290. The number of hydrogen-bond acceptors (Lipinski definition) is 2. The molecule has 7 rings (SSSR count). The number of piperidine rings is 2. The van der Waals surface area contributed by atoms with Crippen LogP contribution in [0.3, 0.4) is 0 Å². The molecular formula is C21H31NO. The summed E-state index contributed by atoms with van der Waals surface area (Å²) in [5, 5.41) is 4.28. The van der Waals surface area contributed by atoms with Gasteiger partial charge in [-0.05, 0) is 75.5 Å². The molecule has 0 amide bonds. The topological polar surface area (TPSA) is 21.3 Å². The summed E-state index contributed by atoms with van der Waals surface area (Å²) in [6.45, 7) is 10.4. The highest BCUT2D eigenvalue weighted by molar-refractivity contribution is 5.39. The average molecular weight is 313 g/mol. The number of hydrogen-bond donors (Lipinski definition) is 1. The first-order valence-corrected chi connectivity index (χ1v) is 10.1. The van der Waals surface area contributed by atoms with Crippen molar-refractivity contribution in [3.63, 3.8) is 0 Å². The molecule has 4 saturated carbocycles. The van der Waals surface area contributed by atoms with Crippen molar-refractivity contribution in [3.8, 4) is 0 Å². The lowest BCUT2D eigenvalue weighted by atomic mass is 9.33. The molecule has 1 N–H and O–H groups in total. The van der Waals surface area contributed by atoms with E-state index in [-0.39, 0.29) is 5.60 Å². The van der Waals surface area contributed by atoms with Crippen LogP contribution < -0.4 is 5.32 Å². The van der Waals surface area contributed by atoms with E-state index in [4.69, 9.17) is 4.74 Å². The second-order valence-electron chi connectivity index (χ2n) is 10.1. The molecule has 0 aromatic carbocycles. The second-order valence-corrected chi connectivity index (χ2v) is 10.1. The molecule has 0 aromatic rings. The van der Waals surface area contributed by atoms with Gasteiger partial charge in [-0.25, -0.2) is 0 Å². The van der Waals surface area contributed by atoms with Crippen LogP contribution in [-0.2, 0) is 4.74 Å². The van der Waals surface area contributed by atoms with Crippen molar-refractivity contribution in [1.29, 1.82) is 0 Å². The van der Waals surface area contributed by atoms with Crippen LogP contribution in [0.15, 0.2) is 12.2 Å². The van der Waals surface area contributed by atoms with Crippen LogP contribution in [-0.4, -0.2) is 24.3 Å². The normalized spacial score (nSPS) is 64.8. The van der Waals surface area contributed by atoms with Gasteiger partial charge in [-0.15, -0.1) is 0 Å². The summed E-state index contributed by atoms with van der Waals surface area (Å²) in [5.41, 5.74) is 2.97. The molecule has 0 aromatic heterocycles. The summed E-state index contributed by atoms with van der Waals surface area (Å²) >= 11 is 0. The van der Waals surface area contributed by atoms with Crippen molar-refractivity contribution in [2.45, 2.75) is 82.9 Å². The van der Waals surface area contributed by atoms with Gasteiger partial charge in [0.05, 0.1) is 5.60 Å². The average Bonchev–Trinajstić information content (AvgIpc) is 3.16. The van der Waals surface area contributed by atoms with E-state index in [0.717, 1.165) is 18.6 Å². The molecule has 3 aliphatic heterocycles. The van der Waals surface area contributed by atoms with Crippen LogP contribution in [0, 0.1) is 28.1 Å². The number of nitrogens with one attached hydrogen (secondary N) is 1. The molecule has 0 radical (unpaired) electrons. The van der Waals surface area contributed by atoms with E-state index >= 15 is 0 Å². The minimum Gasteiger partial charge on any atom is -0.374 e. The lowest BCUT2D eigenvalue weighted by Crippen LogP contribution is -2.85. The van der Waals surface area contributed by atoms with Gasteiger partial charge in [-0.3, -0.25) is 0 Å². The van der Waals surface area contributed by atoms with E-state index in [0.29, 0.717) is 28.2 Å². The summed E-state index contributed by atoms with van der Waals surface area (Å²) in [5.74, 6) is 1.57. The molecule has 3 spiro atoms. The van der Waals surface area contributed by atoms with Gasteiger partial charge in [0, 0.05) is 29.5 Å². The Morgan fingerprint density at radius 3 is 2.78 bits per heavy atom. The van der Waals surface area contributed by atoms with Gasteiger partial charge in [0.15, 0.2) is 0 Å². The Morgan fingerprint density at radius 1 is 1.09 bits per heavy atom. The SMILES string of the molecule is C=C(C)[C@H]1CC[C@]2(C)[C@H]3CC[C@]45CCC[C@]46OCC[C@@]62[C@@H]1N[C@H]35. The van der Waals surface area contributed by atoms with E-state index in [9.17, 15) is 0 Å².